The SMILES string of the molecule is C=C(C)C(=O)OCCCCOc1ccc(/C=C/C(=O)c2ccc(C(=O)Oc3ccc(C(=O)Oc4ccc(-c5ccccc5)cc4)cc3)cc2)cc1. The zero-order valence-electron chi connectivity index (χ0n) is 28.1. The van der Waals surface area contributed by atoms with Gasteiger partial charge in [-0.15, -0.1) is 0 Å². The summed E-state index contributed by atoms with van der Waals surface area (Å²) in [4.78, 5) is 49.5. The molecular formula is C43H36O8. The fourth-order valence-electron chi connectivity index (χ4n) is 4.73. The Bertz CT molecular complexity index is 1990. The van der Waals surface area contributed by atoms with Gasteiger partial charge in [-0.2, -0.15) is 0 Å². The highest BCUT2D eigenvalue weighted by Crippen LogP contribution is 2.23. The van der Waals surface area contributed by atoms with Gasteiger partial charge >= 0.3 is 17.9 Å². The van der Waals surface area contributed by atoms with Crippen molar-refractivity contribution in [1.82, 2.24) is 0 Å². The van der Waals surface area contributed by atoms with Crippen molar-refractivity contribution < 1.29 is 38.1 Å². The second-order valence-electron chi connectivity index (χ2n) is 11.5. The molecule has 5 aromatic rings. The molecule has 0 aliphatic carbocycles. The monoisotopic (exact) mass is 680 g/mol. The molecule has 0 radical (unpaired) electrons. The van der Waals surface area contributed by atoms with Crippen LogP contribution in [0.5, 0.6) is 17.2 Å². The van der Waals surface area contributed by atoms with E-state index in [4.69, 9.17) is 18.9 Å². The van der Waals surface area contributed by atoms with Crippen LogP contribution >= 0.6 is 0 Å². The molecule has 0 N–H and O–H groups in total. The molecule has 0 heterocycles. The lowest BCUT2D eigenvalue weighted by molar-refractivity contribution is -0.139. The van der Waals surface area contributed by atoms with Crippen LogP contribution in [0.15, 0.2) is 146 Å². The topological polar surface area (TPSA) is 105 Å². The molecule has 0 aromatic heterocycles. The van der Waals surface area contributed by atoms with Gasteiger partial charge < -0.3 is 18.9 Å². The van der Waals surface area contributed by atoms with Gasteiger partial charge in [0.1, 0.15) is 17.2 Å². The van der Waals surface area contributed by atoms with Crippen LogP contribution < -0.4 is 14.2 Å². The lowest BCUT2D eigenvalue weighted by atomic mass is 10.1. The van der Waals surface area contributed by atoms with E-state index >= 15 is 0 Å². The Kier molecular flexibility index (Phi) is 12.4. The minimum absolute atomic E-state index is 0.225. The van der Waals surface area contributed by atoms with Gasteiger partial charge in [0.25, 0.3) is 0 Å². The van der Waals surface area contributed by atoms with Gasteiger partial charge in [0.05, 0.1) is 24.3 Å². The Hall–Kier alpha value is -6.54. The second-order valence-corrected chi connectivity index (χ2v) is 11.5. The summed E-state index contributed by atoms with van der Waals surface area (Å²) in [6, 6.07) is 36.7. The summed E-state index contributed by atoms with van der Waals surface area (Å²) in [6.07, 6.45) is 4.58. The molecule has 0 saturated heterocycles. The van der Waals surface area contributed by atoms with Crippen LogP contribution in [0.4, 0.5) is 0 Å². The van der Waals surface area contributed by atoms with E-state index in [0.29, 0.717) is 47.8 Å². The van der Waals surface area contributed by atoms with Crippen molar-refractivity contribution in [3.05, 3.63) is 168 Å². The fraction of sp³-hybridized carbons (Fsp3) is 0.116. The van der Waals surface area contributed by atoms with Crippen molar-refractivity contribution in [3.63, 3.8) is 0 Å². The first kappa shape index (κ1) is 35.8. The van der Waals surface area contributed by atoms with Crippen LogP contribution in [0.1, 0.15) is 56.4 Å². The highest BCUT2D eigenvalue weighted by atomic mass is 16.5. The van der Waals surface area contributed by atoms with Gasteiger partial charge in [-0.1, -0.05) is 79.4 Å². The molecule has 0 aliphatic heterocycles. The number of hydrogen-bond acceptors (Lipinski definition) is 8. The van der Waals surface area contributed by atoms with Gasteiger partial charge in [0, 0.05) is 11.1 Å². The molecule has 0 saturated carbocycles. The molecule has 51 heavy (non-hydrogen) atoms. The number of rotatable bonds is 15. The lowest BCUT2D eigenvalue weighted by Crippen LogP contribution is -2.10. The van der Waals surface area contributed by atoms with Crippen LogP contribution in [0.25, 0.3) is 17.2 Å². The van der Waals surface area contributed by atoms with Gasteiger partial charge in [0.15, 0.2) is 5.78 Å². The van der Waals surface area contributed by atoms with E-state index in [1.165, 1.54) is 42.5 Å². The minimum atomic E-state index is -0.605. The maximum atomic E-state index is 12.7. The van der Waals surface area contributed by atoms with E-state index in [-0.39, 0.29) is 23.1 Å². The third kappa shape index (κ3) is 10.7. The van der Waals surface area contributed by atoms with Crippen LogP contribution in [0.2, 0.25) is 0 Å². The van der Waals surface area contributed by atoms with Crippen LogP contribution in [-0.4, -0.2) is 36.9 Å². The Balaban J connectivity index is 1.05. The molecule has 5 rings (SSSR count). The first-order chi connectivity index (χ1) is 24.7. The number of carbonyl (C=O) groups is 4. The van der Waals surface area contributed by atoms with Gasteiger partial charge in [0.2, 0.25) is 0 Å². The molecule has 5 aromatic carbocycles. The number of esters is 3. The molecule has 8 nitrogen and oxygen atoms in total. The third-order valence-electron chi connectivity index (χ3n) is 7.57. The zero-order valence-corrected chi connectivity index (χ0v) is 28.1. The van der Waals surface area contributed by atoms with Crippen LogP contribution in [-0.2, 0) is 9.53 Å². The number of allylic oxidation sites excluding steroid dienone is 1. The highest BCUT2D eigenvalue weighted by molar-refractivity contribution is 6.07. The quantitative estimate of drug-likeness (QED) is 0.0355. The standard InChI is InChI=1S/C43H36O8/c1-30(2)41(45)49-29-7-6-28-48-37-21-10-31(11-22-37)12-27-40(44)34-13-15-35(16-14-34)42(46)51-39-25-19-36(20-26-39)43(47)50-38-23-17-33(18-24-38)32-8-4-3-5-9-32/h3-5,8-27H,1,6-7,28-29H2,2H3/b27-12+. The normalized spacial score (nSPS) is 10.7. The van der Waals surface area contributed by atoms with E-state index in [2.05, 4.69) is 6.58 Å². The predicted octanol–water partition coefficient (Wildman–Crippen LogP) is 8.97. The second kappa shape index (κ2) is 17.7. The first-order valence-electron chi connectivity index (χ1n) is 16.3. The van der Waals surface area contributed by atoms with Crippen molar-refractivity contribution >= 4 is 29.8 Å². The minimum Gasteiger partial charge on any atom is -0.494 e. The molecule has 0 amide bonds. The molecule has 0 fully saturated rings. The summed E-state index contributed by atoms with van der Waals surface area (Å²) in [7, 11) is 0. The first-order valence-corrected chi connectivity index (χ1v) is 16.3. The molecule has 0 spiro atoms. The molecule has 8 heteroatoms. The third-order valence-corrected chi connectivity index (χ3v) is 7.57. The lowest BCUT2D eigenvalue weighted by Gasteiger charge is -2.08. The van der Waals surface area contributed by atoms with Crippen molar-refractivity contribution in [1.29, 1.82) is 0 Å². The van der Waals surface area contributed by atoms with Crippen molar-refractivity contribution in [2.75, 3.05) is 13.2 Å². The maximum Gasteiger partial charge on any atom is 0.343 e. The smallest absolute Gasteiger partial charge is 0.343 e. The summed E-state index contributed by atoms with van der Waals surface area (Å²) in [5, 5.41) is 0. The zero-order chi connectivity index (χ0) is 36.0. The number of ketones is 1. The molecule has 0 unspecified atom stereocenters. The summed E-state index contributed by atoms with van der Waals surface area (Å²) in [5.41, 5.74) is 4.25. The predicted molar refractivity (Wildman–Crippen MR) is 195 cm³/mol. The fourth-order valence-corrected chi connectivity index (χ4v) is 4.73. The molecule has 0 aliphatic rings. The van der Waals surface area contributed by atoms with Gasteiger partial charge in [-0.3, -0.25) is 4.79 Å². The van der Waals surface area contributed by atoms with Crippen LogP contribution in [0, 0.1) is 0 Å². The van der Waals surface area contributed by atoms with Crippen LogP contribution in [0.3, 0.4) is 0 Å². The Morgan fingerprint density at radius 3 is 1.65 bits per heavy atom. The van der Waals surface area contributed by atoms with E-state index in [1.807, 2.05) is 66.7 Å². The molecule has 256 valence electrons. The number of benzene rings is 5. The summed E-state index contributed by atoms with van der Waals surface area (Å²) >= 11 is 0. The van der Waals surface area contributed by atoms with E-state index in [0.717, 1.165) is 23.1 Å². The van der Waals surface area contributed by atoms with Crippen molar-refractivity contribution in [3.8, 4) is 28.4 Å². The van der Waals surface area contributed by atoms with E-state index < -0.39 is 11.9 Å². The van der Waals surface area contributed by atoms with Gasteiger partial charge in [-0.05, 0) is 103 Å². The van der Waals surface area contributed by atoms with Gasteiger partial charge in [-0.25, -0.2) is 14.4 Å². The maximum absolute atomic E-state index is 12.7. The molecule has 0 bridgehead atoms. The summed E-state index contributed by atoms with van der Waals surface area (Å²) < 4.78 is 21.7. The number of hydrogen-bond donors (Lipinski definition) is 0. The molecule has 0 atom stereocenters. The van der Waals surface area contributed by atoms with E-state index in [1.54, 1.807) is 37.3 Å². The largest absolute Gasteiger partial charge is 0.494 e. The Morgan fingerprint density at radius 2 is 1.06 bits per heavy atom. The number of unbranched alkanes of at least 4 members (excludes halogenated alkanes) is 1. The average molecular weight is 681 g/mol. The van der Waals surface area contributed by atoms with Crippen molar-refractivity contribution in [2.24, 2.45) is 0 Å². The highest BCUT2D eigenvalue weighted by Gasteiger charge is 2.13. The Labute approximate surface area is 296 Å². The number of ether oxygens (including phenoxy) is 4. The molecular weight excluding hydrogens is 644 g/mol. The van der Waals surface area contributed by atoms with Crippen molar-refractivity contribution in [2.45, 2.75) is 19.8 Å². The summed E-state index contributed by atoms with van der Waals surface area (Å²) in [6.45, 7) is 5.96. The summed E-state index contributed by atoms with van der Waals surface area (Å²) in [5.74, 6) is -0.393. The van der Waals surface area contributed by atoms with E-state index in [9.17, 15) is 19.2 Å². The Morgan fingerprint density at radius 1 is 0.569 bits per heavy atom. The average Bonchev–Trinajstić information content (AvgIpc) is 3.16. The number of carbonyl (C=O) groups excluding carboxylic acids is 4.